The monoisotopic (exact) mass is 460 g/mol. The third-order valence-electron chi connectivity index (χ3n) is 5.35. The van der Waals surface area contributed by atoms with Gasteiger partial charge in [0.15, 0.2) is 5.78 Å². The second kappa shape index (κ2) is 10.2. The fraction of sp³-hybridized carbons (Fsp3) is 0.391. The summed E-state index contributed by atoms with van der Waals surface area (Å²) < 4.78 is 38.3. The number of sulfonamides is 1. The standard InChI is InChI=1S/C23H28N2O6S/c1-4-25(5-2)32(28,29)20-10-11-22(24-12-14-30-15-13-24)21(16-20)23(27)31-19-8-6-18(7-9-19)17(3)26/h6-11,16H,4-5,12-15H2,1-3H3. The van der Waals surface area contributed by atoms with Crippen LogP contribution in [0.2, 0.25) is 0 Å². The van der Waals surface area contributed by atoms with Gasteiger partial charge >= 0.3 is 5.97 Å². The van der Waals surface area contributed by atoms with Crippen LogP contribution in [-0.4, -0.2) is 63.9 Å². The summed E-state index contributed by atoms with van der Waals surface area (Å²) in [5.41, 5.74) is 1.26. The highest BCUT2D eigenvalue weighted by Crippen LogP contribution is 2.28. The Morgan fingerprint density at radius 3 is 2.22 bits per heavy atom. The lowest BCUT2D eigenvalue weighted by Crippen LogP contribution is -2.37. The molecule has 8 nitrogen and oxygen atoms in total. The molecule has 0 aromatic heterocycles. The highest BCUT2D eigenvalue weighted by Gasteiger charge is 2.27. The molecule has 0 unspecified atom stereocenters. The maximum Gasteiger partial charge on any atom is 0.345 e. The highest BCUT2D eigenvalue weighted by atomic mass is 32.2. The lowest BCUT2D eigenvalue weighted by atomic mass is 10.1. The summed E-state index contributed by atoms with van der Waals surface area (Å²) in [5.74, 6) is -0.490. The molecule has 0 atom stereocenters. The SMILES string of the molecule is CCN(CC)S(=O)(=O)c1ccc(N2CCOCC2)c(C(=O)Oc2ccc(C(C)=O)cc2)c1. The molecular weight excluding hydrogens is 432 g/mol. The van der Waals surface area contributed by atoms with Crippen LogP contribution in [0.3, 0.4) is 0 Å². The van der Waals surface area contributed by atoms with Crippen molar-refractivity contribution < 1.29 is 27.5 Å². The number of hydrogen-bond donors (Lipinski definition) is 0. The van der Waals surface area contributed by atoms with Crippen LogP contribution in [0.1, 0.15) is 41.5 Å². The quantitative estimate of drug-likeness (QED) is 0.340. The molecule has 172 valence electrons. The molecule has 1 heterocycles. The number of ketones is 1. The van der Waals surface area contributed by atoms with E-state index >= 15 is 0 Å². The number of carbonyl (C=O) groups is 2. The second-order valence-electron chi connectivity index (χ2n) is 7.34. The molecule has 3 rings (SSSR count). The molecule has 0 amide bonds. The highest BCUT2D eigenvalue weighted by molar-refractivity contribution is 7.89. The van der Waals surface area contributed by atoms with Crippen LogP contribution in [0.25, 0.3) is 0 Å². The molecule has 0 aliphatic carbocycles. The van der Waals surface area contributed by atoms with Crippen molar-refractivity contribution in [3.8, 4) is 5.75 Å². The Morgan fingerprint density at radius 1 is 1.03 bits per heavy atom. The predicted molar refractivity (Wildman–Crippen MR) is 121 cm³/mol. The molecule has 0 radical (unpaired) electrons. The summed E-state index contributed by atoms with van der Waals surface area (Å²) >= 11 is 0. The summed E-state index contributed by atoms with van der Waals surface area (Å²) in [6, 6.07) is 10.8. The molecule has 9 heteroatoms. The Kier molecular flexibility index (Phi) is 7.65. The van der Waals surface area contributed by atoms with E-state index in [0.29, 0.717) is 50.6 Å². The second-order valence-corrected chi connectivity index (χ2v) is 9.28. The number of Topliss-reactive ketones (excluding diaryl/α,β-unsaturated/α-hetero) is 1. The molecular formula is C23H28N2O6S. The number of ether oxygens (including phenoxy) is 2. The molecule has 2 aromatic carbocycles. The van der Waals surface area contributed by atoms with Crippen LogP contribution < -0.4 is 9.64 Å². The van der Waals surface area contributed by atoms with E-state index in [0.717, 1.165) is 0 Å². The van der Waals surface area contributed by atoms with Crippen LogP contribution in [0.15, 0.2) is 47.4 Å². The Morgan fingerprint density at radius 2 is 1.66 bits per heavy atom. The molecule has 1 aliphatic rings. The van der Waals surface area contributed by atoms with Gasteiger partial charge in [0, 0.05) is 31.7 Å². The van der Waals surface area contributed by atoms with Crippen molar-refractivity contribution >= 4 is 27.5 Å². The minimum Gasteiger partial charge on any atom is -0.423 e. The third kappa shape index (κ3) is 5.17. The van der Waals surface area contributed by atoms with Gasteiger partial charge in [-0.2, -0.15) is 4.31 Å². The molecule has 32 heavy (non-hydrogen) atoms. The fourth-order valence-corrected chi connectivity index (χ4v) is 5.04. The van der Waals surface area contributed by atoms with Crippen molar-refractivity contribution in [2.75, 3.05) is 44.3 Å². The van der Waals surface area contributed by atoms with E-state index in [4.69, 9.17) is 9.47 Å². The number of anilines is 1. The number of carbonyl (C=O) groups excluding carboxylic acids is 2. The zero-order valence-corrected chi connectivity index (χ0v) is 19.4. The van der Waals surface area contributed by atoms with E-state index in [9.17, 15) is 18.0 Å². The van der Waals surface area contributed by atoms with Gasteiger partial charge in [-0.15, -0.1) is 0 Å². The zero-order valence-electron chi connectivity index (χ0n) is 18.5. The van der Waals surface area contributed by atoms with Gasteiger partial charge in [0.05, 0.1) is 29.4 Å². The number of benzene rings is 2. The predicted octanol–water partition coefficient (Wildman–Crippen LogP) is 2.98. The Bertz CT molecular complexity index is 1070. The van der Waals surface area contributed by atoms with E-state index < -0.39 is 16.0 Å². The molecule has 0 bridgehead atoms. The number of hydrogen-bond acceptors (Lipinski definition) is 7. The van der Waals surface area contributed by atoms with Crippen LogP contribution in [0.4, 0.5) is 5.69 Å². The molecule has 0 spiro atoms. The lowest BCUT2D eigenvalue weighted by molar-refractivity contribution is 0.0733. The smallest absolute Gasteiger partial charge is 0.345 e. The first kappa shape index (κ1) is 23.9. The van der Waals surface area contributed by atoms with Crippen LogP contribution in [0, 0.1) is 0 Å². The van der Waals surface area contributed by atoms with Gasteiger partial charge in [-0.25, -0.2) is 13.2 Å². The van der Waals surface area contributed by atoms with Crippen LogP contribution in [-0.2, 0) is 14.8 Å². The molecule has 2 aromatic rings. The molecule has 1 saturated heterocycles. The minimum absolute atomic E-state index is 0.0390. The Labute approximate surface area is 188 Å². The van der Waals surface area contributed by atoms with E-state index in [2.05, 4.69) is 0 Å². The topological polar surface area (TPSA) is 93.2 Å². The van der Waals surface area contributed by atoms with E-state index in [-0.39, 0.29) is 22.0 Å². The number of rotatable bonds is 8. The Balaban J connectivity index is 1.99. The summed E-state index contributed by atoms with van der Waals surface area (Å²) in [5, 5.41) is 0. The van der Waals surface area contributed by atoms with Gasteiger partial charge in [-0.3, -0.25) is 4.79 Å². The van der Waals surface area contributed by atoms with Crippen molar-refractivity contribution in [2.45, 2.75) is 25.7 Å². The number of morpholine rings is 1. The van der Waals surface area contributed by atoms with Gasteiger partial charge in [0.25, 0.3) is 0 Å². The lowest BCUT2D eigenvalue weighted by Gasteiger charge is -2.30. The van der Waals surface area contributed by atoms with Crippen molar-refractivity contribution in [3.05, 3.63) is 53.6 Å². The van der Waals surface area contributed by atoms with Crippen molar-refractivity contribution in [2.24, 2.45) is 0 Å². The molecule has 1 aliphatic heterocycles. The normalized spacial score (nSPS) is 14.4. The average molecular weight is 461 g/mol. The molecule has 1 fully saturated rings. The first-order chi connectivity index (χ1) is 15.3. The summed E-state index contributed by atoms with van der Waals surface area (Å²) in [7, 11) is -3.75. The van der Waals surface area contributed by atoms with E-state index in [1.807, 2.05) is 4.90 Å². The van der Waals surface area contributed by atoms with Gasteiger partial charge in [-0.05, 0) is 49.4 Å². The van der Waals surface area contributed by atoms with Crippen molar-refractivity contribution in [3.63, 3.8) is 0 Å². The maximum absolute atomic E-state index is 13.1. The summed E-state index contributed by atoms with van der Waals surface area (Å²) in [6.45, 7) is 7.83. The maximum atomic E-state index is 13.1. The zero-order chi connectivity index (χ0) is 23.3. The largest absolute Gasteiger partial charge is 0.423 e. The van der Waals surface area contributed by atoms with Gasteiger partial charge in [-0.1, -0.05) is 13.8 Å². The molecule has 0 N–H and O–H groups in total. The Hall–Kier alpha value is -2.75. The van der Waals surface area contributed by atoms with Crippen LogP contribution >= 0.6 is 0 Å². The van der Waals surface area contributed by atoms with E-state index in [1.165, 1.54) is 23.4 Å². The third-order valence-corrected chi connectivity index (χ3v) is 7.40. The minimum atomic E-state index is -3.75. The van der Waals surface area contributed by atoms with Gasteiger partial charge in [0.1, 0.15) is 5.75 Å². The fourth-order valence-electron chi connectivity index (χ4n) is 3.55. The summed E-state index contributed by atoms with van der Waals surface area (Å²) in [6.07, 6.45) is 0. The van der Waals surface area contributed by atoms with Gasteiger partial charge < -0.3 is 14.4 Å². The average Bonchev–Trinajstić information content (AvgIpc) is 2.80. The van der Waals surface area contributed by atoms with Gasteiger partial charge in [0.2, 0.25) is 10.0 Å². The first-order valence-electron chi connectivity index (χ1n) is 10.6. The van der Waals surface area contributed by atoms with Crippen molar-refractivity contribution in [1.29, 1.82) is 0 Å². The summed E-state index contributed by atoms with van der Waals surface area (Å²) in [4.78, 5) is 26.6. The van der Waals surface area contributed by atoms with Crippen LogP contribution in [0.5, 0.6) is 5.75 Å². The first-order valence-corrected chi connectivity index (χ1v) is 12.0. The van der Waals surface area contributed by atoms with Crippen molar-refractivity contribution in [1.82, 2.24) is 4.31 Å². The number of esters is 1. The molecule has 0 saturated carbocycles. The number of nitrogens with zero attached hydrogens (tertiary/aromatic N) is 2. The van der Waals surface area contributed by atoms with E-state index in [1.54, 1.807) is 44.2 Å².